The molecule has 0 aliphatic heterocycles. The van der Waals surface area contributed by atoms with Crippen molar-refractivity contribution in [2.24, 2.45) is 5.92 Å². The van der Waals surface area contributed by atoms with E-state index in [1.54, 1.807) is 12.1 Å². The summed E-state index contributed by atoms with van der Waals surface area (Å²) in [5, 5.41) is 19.0. The van der Waals surface area contributed by atoms with Crippen molar-refractivity contribution in [1.29, 1.82) is 0 Å². The minimum absolute atomic E-state index is 0.0705. The zero-order chi connectivity index (χ0) is 11.7. The molecule has 1 aliphatic carbocycles. The second-order valence-electron chi connectivity index (χ2n) is 4.58. The van der Waals surface area contributed by atoms with Crippen molar-refractivity contribution in [3.63, 3.8) is 0 Å². The molecule has 1 aromatic carbocycles. The number of hydrogen-bond donors (Lipinski definition) is 2. The van der Waals surface area contributed by atoms with Gasteiger partial charge in [-0.2, -0.15) is 0 Å². The number of ketones is 1. The van der Waals surface area contributed by atoms with E-state index in [-0.39, 0.29) is 23.3 Å². The van der Waals surface area contributed by atoms with Gasteiger partial charge >= 0.3 is 0 Å². The van der Waals surface area contributed by atoms with Gasteiger partial charge in [-0.1, -0.05) is 13.0 Å². The number of carbonyl (C=O) groups excluding carboxylic acids is 1. The Morgan fingerprint density at radius 1 is 1.31 bits per heavy atom. The summed E-state index contributed by atoms with van der Waals surface area (Å²) in [5.41, 5.74) is 0.845. The summed E-state index contributed by atoms with van der Waals surface area (Å²) in [4.78, 5) is 11.4. The van der Waals surface area contributed by atoms with E-state index in [1.807, 2.05) is 6.92 Å². The largest absolute Gasteiger partial charge is 0.508 e. The molecule has 2 N–H and O–H groups in total. The number of aromatic hydroxyl groups is 2. The Morgan fingerprint density at radius 3 is 2.69 bits per heavy atom. The third-order valence-corrected chi connectivity index (χ3v) is 3.38. The monoisotopic (exact) mass is 220 g/mol. The molecule has 2 atom stereocenters. The Labute approximate surface area is 94.7 Å². The van der Waals surface area contributed by atoms with E-state index in [0.717, 1.165) is 18.4 Å². The molecule has 3 heteroatoms. The van der Waals surface area contributed by atoms with Crippen LogP contribution < -0.4 is 0 Å². The molecule has 0 aromatic heterocycles. The minimum atomic E-state index is 0.0705. The van der Waals surface area contributed by atoms with Crippen LogP contribution in [-0.2, 0) is 4.79 Å². The van der Waals surface area contributed by atoms with Crippen LogP contribution in [0.25, 0.3) is 0 Å². The second kappa shape index (κ2) is 4.16. The lowest BCUT2D eigenvalue weighted by Gasteiger charge is -2.26. The number of Topliss-reactive ketones (excluding diaryl/α,β-unsaturated/α-hetero) is 1. The molecular weight excluding hydrogens is 204 g/mol. The minimum Gasteiger partial charge on any atom is -0.508 e. The van der Waals surface area contributed by atoms with Crippen molar-refractivity contribution < 1.29 is 15.0 Å². The van der Waals surface area contributed by atoms with Gasteiger partial charge in [-0.3, -0.25) is 4.79 Å². The quantitative estimate of drug-likeness (QED) is 0.764. The predicted molar refractivity (Wildman–Crippen MR) is 60.5 cm³/mol. The van der Waals surface area contributed by atoms with Gasteiger partial charge in [0.2, 0.25) is 0 Å². The molecule has 16 heavy (non-hydrogen) atoms. The van der Waals surface area contributed by atoms with Gasteiger partial charge in [0.15, 0.2) is 0 Å². The Balaban J connectivity index is 2.21. The normalized spacial score (nSPS) is 25.7. The van der Waals surface area contributed by atoms with Crippen LogP contribution in [0.3, 0.4) is 0 Å². The van der Waals surface area contributed by atoms with Crippen LogP contribution in [0.15, 0.2) is 18.2 Å². The Morgan fingerprint density at radius 2 is 2.06 bits per heavy atom. The van der Waals surface area contributed by atoms with Gasteiger partial charge in [-0.25, -0.2) is 0 Å². The van der Waals surface area contributed by atoms with Crippen LogP contribution in [0.5, 0.6) is 11.5 Å². The van der Waals surface area contributed by atoms with Crippen LogP contribution >= 0.6 is 0 Å². The summed E-state index contributed by atoms with van der Waals surface area (Å²) in [7, 11) is 0. The standard InChI is InChI=1S/C13H16O3/c1-8-6-9(2-5-12(8)15)11-4-3-10(14)7-13(11)16/h3-4,7-9,14,16H,2,5-6H2,1H3. The molecular formula is C13H16O3. The number of rotatable bonds is 1. The van der Waals surface area contributed by atoms with Crippen molar-refractivity contribution in [1.82, 2.24) is 0 Å². The Bertz CT molecular complexity index is 412. The van der Waals surface area contributed by atoms with Crippen LogP contribution in [0, 0.1) is 5.92 Å². The smallest absolute Gasteiger partial charge is 0.135 e. The van der Waals surface area contributed by atoms with Crippen molar-refractivity contribution in [3.8, 4) is 11.5 Å². The second-order valence-corrected chi connectivity index (χ2v) is 4.58. The average Bonchev–Trinajstić information content (AvgIpc) is 2.22. The lowest BCUT2D eigenvalue weighted by Crippen LogP contribution is -2.21. The maximum absolute atomic E-state index is 11.4. The van der Waals surface area contributed by atoms with E-state index < -0.39 is 0 Å². The van der Waals surface area contributed by atoms with E-state index in [1.165, 1.54) is 6.07 Å². The molecule has 2 unspecified atom stereocenters. The number of benzene rings is 1. The van der Waals surface area contributed by atoms with Gasteiger partial charge in [0.05, 0.1) is 0 Å². The topological polar surface area (TPSA) is 57.5 Å². The van der Waals surface area contributed by atoms with Gasteiger partial charge in [-0.05, 0) is 30.4 Å². The van der Waals surface area contributed by atoms with Gasteiger partial charge in [-0.15, -0.1) is 0 Å². The van der Waals surface area contributed by atoms with Gasteiger partial charge in [0.1, 0.15) is 17.3 Å². The van der Waals surface area contributed by atoms with Gasteiger partial charge in [0, 0.05) is 18.4 Å². The molecule has 0 heterocycles. The average molecular weight is 220 g/mol. The van der Waals surface area contributed by atoms with Crippen molar-refractivity contribution >= 4 is 5.78 Å². The molecule has 0 amide bonds. The lowest BCUT2D eigenvalue weighted by atomic mass is 9.78. The number of phenols is 2. The summed E-state index contributed by atoms with van der Waals surface area (Å²) in [6, 6.07) is 4.68. The SMILES string of the molecule is CC1CC(c2ccc(O)cc2O)CCC1=O. The number of carbonyl (C=O) groups is 1. The van der Waals surface area contributed by atoms with Crippen LogP contribution in [0.1, 0.15) is 37.7 Å². The summed E-state index contributed by atoms with van der Waals surface area (Å²) in [6.45, 7) is 1.94. The van der Waals surface area contributed by atoms with E-state index in [4.69, 9.17) is 0 Å². The molecule has 0 saturated heterocycles. The highest BCUT2D eigenvalue weighted by Gasteiger charge is 2.27. The van der Waals surface area contributed by atoms with Crippen LogP contribution in [0.4, 0.5) is 0 Å². The van der Waals surface area contributed by atoms with Gasteiger partial charge in [0.25, 0.3) is 0 Å². The van der Waals surface area contributed by atoms with E-state index in [9.17, 15) is 15.0 Å². The summed E-state index contributed by atoms with van der Waals surface area (Å²) in [6.07, 6.45) is 2.17. The summed E-state index contributed by atoms with van der Waals surface area (Å²) >= 11 is 0. The zero-order valence-corrected chi connectivity index (χ0v) is 9.31. The maximum Gasteiger partial charge on any atom is 0.135 e. The van der Waals surface area contributed by atoms with Crippen LogP contribution in [-0.4, -0.2) is 16.0 Å². The summed E-state index contributed by atoms with van der Waals surface area (Å²) in [5.74, 6) is 0.822. The molecule has 0 radical (unpaired) electrons. The number of hydrogen-bond acceptors (Lipinski definition) is 3. The molecule has 86 valence electrons. The Kier molecular flexibility index (Phi) is 2.86. The van der Waals surface area contributed by atoms with E-state index in [0.29, 0.717) is 12.2 Å². The Hall–Kier alpha value is -1.51. The maximum atomic E-state index is 11.4. The highest BCUT2D eigenvalue weighted by molar-refractivity contribution is 5.81. The lowest BCUT2D eigenvalue weighted by molar-refractivity contribution is -0.124. The first kappa shape index (κ1) is 11.0. The molecule has 3 nitrogen and oxygen atoms in total. The molecule has 1 saturated carbocycles. The highest BCUT2D eigenvalue weighted by Crippen LogP contribution is 2.39. The molecule has 1 aromatic rings. The fourth-order valence-corrected chi connectivity index (χ4v) is 2.40. The third kappa shape index (κ3) is 2.03. The van der Waals surface area contributed by atoms with Crippen molar-refractivity contribution in [2.45, 2.75) is 32.1 Å². The molecule has 0 spiro atoms. The van der Waals surface area contributed by atoms with Gasteiger partial charge < -0.3 is 10.2 Å². The molecule has 2 rings (SSSR count). The zero-order valence-electron chi connectivity index (χ0n) is 9.31. The molecule has 1 fully saturated rings. The van der Waals surface area contributed by atoms with Crippen molar-refractivity contribution in [2.75, 3.05) is 0 Å². The van der Waals surface area contributed by atoms with Crippen molar-refractivity contribution in [3.05, 3.63) is 23.8 Å². The fourth-order valence-electron chi connectivity index (χ4n) is 2.40. The van der Waals surface area contributed by atoms with E-state index in [2.05, 4.69) is 0 Å². The molecule has 1 aliphatic rings. The third-order valence-electron chi connectivity index (χ3n) is 3.38. The van der Waals surface area contributed by atoms with Crippen LogP contribution in [0.2, 0.25) is 0 Å². The first-order chi connectivity index (χ1) is 7.58. The highest BCUT2D eigenvalue weighted by atomic mass is 16.3. The first-order valence-corrected chi connectivity index (χ1v) is 5.62. The van der Waals surface area contributed by atoms with E-state index >= 15 is 0 Å². The fraction of sp³-hybridized carbons (Fsp3) is 0.462. The predicted octanol–water partition coefficient (Wildman–Crippen LogP) is 2.57. The number of phenolic OH excluding ortho intramolecular Hbond substituents is 2. The first-order valence-electron chi connectivity index (χ1n) is 5.62. The molecule has 0 bridgehead atoms. The summed E-state index contributed by atoms with van der Waals surface area (Å²) < 4.78 is 0.